The van der Waals surface area contributed by atoms with Gasteiger partial charge in [0.05, 0.1) is 6.04 Å². The summed E-state index contributed by atoms with van der Waals surface area (Å²) in [5, 5.41) is 3.83. The lowest BCUT2D eigenvalue weighted by Crippen LogP contribution is -2.46. The SMILES string of the molecule is Fc1ccc([C@H](N[C@H]2CCN3CCC[C@H]3C2)c2cccnc2)cc1. The molecule has 1 N–H and O–H groups in total. The van der Waals surface area contributed by atoms with Crippen LogP contribution in [0.3, 0.4) is 0 Å². The van der Waals surface area contributed by atoms with Crippen LogP contribution < -0.4 is 5.32 Å². The fourth-order valence-corrected chi connectivity index (χ4v) is 4.20. The average Bonchev–Trinajstić information content (AvgIpc) is 3.09. The van der Waals surface area contributed by atoms with Gasteiger partial charge in [-0.1, -0.05) is 18.2 Å². The third-order valence-corrected chi connectivity index (χ3v) is 5.44. The topological polar surface area (TPSA) is 28.2 Å². The monoisotopic (exact) mass is 325 g/mol. The molecule has 0 aliphatic carbocycles. The van der Waals surface area contributed by atoms with E-state index < -0.39 is 0 Å². The number of halogens is 1. The van der Waals surface area contributed by atoms with Gasteiger partial charge in [-0.25, -0.2) is 4.39 Å². The largest absolute Gasteiger partial charge is 0.303 e. The molecule has 2 aliphatic heterocycles. The van der Waals surface area contributed by atoms with Gasteiger partial charge in [-0.05, 0) is 68.1 Å². The molecule has 126 valence electrons. The summed E-state index contributed by atoms with van der Waals surface area (Å²) in [6.45, 7) is 2.45. The highest BCUT2D eigenvalue weighted by molar-refractivity contribution is 5.30. The Morgan fingerprint density at radius 2 is 1.96 bits per heavy atom. The number of benzene rings is 1. The molecule has 0 spiro atoms. The fourth-order valence-electron chi connectivity index (χ4n) is 4.20. The van der Waals surface area contributed by atoms with E-state index >= 15 is 0 Å². The highest BCUT2D eigenvalue weighted by Crippen LogP contribution is 2.30. The van der Waals surface area contributed by atoms with Gasteiger partial charge < -0.3 is 10.2 Å². The van der Waals surface area contributed by atoms with Crippen molar-refractivity contribution in [2.75, 3.05) is 13.1 Å². The van der Waals surface area contributed by atoms with Crippen LogP contribution in [0.5, 0.6) is 0 Å². The summed E-state index contributed by atoms with van der Waals surface area (Å²) in [6.07, 6.45) is 8.74. The molecule has 2 aromatic rings. The van der Waals surface area contributed by atoms with Crippen LogP contribution in [0.15, 0.2) is 48.8 Å². The fraction of sp³-hybridized carbons (Fsp3) is 0.450. The quantitative estimate of drug-likeness (QED) is 0.932. The molecule has 3 heterocycles. The van der Waals surface area contributed by atoms with Crippen molar-refractivity contribution in [3.8, 4) is 0 Å². The van der Waals surface area contributed by atoms with Crippen molar-refractivity contribution in [2.45, 2.75) is 43.8 Å². The van der Waals surface area contributed by atoms with Crippen molar-refractivity contribution in [3.63, 3.8) is 0 Å². The first-order chi connectivity index (χ1) is 11.8. The summed E-state index contributed by atoms with van der Waals surface area (Å²) in [7, 11) is 0. The number of fused-ring (bicyclic) bond motifs is 1. The Labute approximate surface area is 142 Å². The van der Waals surface area contributed by atoms with Crippen molar-refractivity contribution < 1.29 is 4.39 Å². The lowest BCUT2D eigenvalue weighted by Gasteiger charge is -2.37. The van der Waals surface area contributed by atoms with Crippen LogP contribution in [0.1, 0.15) is 42.9 Å². The molecule has 3 nitrogen and oxygen atoms in total. The van der Waals surface area contributed by atoms with Crippen LogP contribution in [0.2, 0.25) is 0 Å². The molecule has 2 fully saturated rings. The molecule has 2 aliphatic rings. The Morgan fingerprint density at radius 1 is 1.08 bits per heavy atom. The van der Waals surface area contributed by atoms with Crippen LogP contribution in [0.4, 0.5) is 4.39 Å². The lowest BCUT2D eigenvalue weighted by molar-refractivity contribution is 0.163. The van der Waals surface area contributed by atoms with Gasteiger partial charge in [0, 0.05) is 24.5 Å². The minimum Gasteiger partial charge on any atom is -0.303 e. The van der Waals surface area contributed by atoms with Gasteiger partial charge in [0.1, 0.15) is 5.82 Å². The van der Waals surface area contributed by atoms with Crippen LogP contribution in [0, 0.1) is 5.82 Å². The summed E-state index contributed by atoms with van der Waals surface area (Å²) >= 11 is 0. The van der Waals surface area contributed by atoms with Crippen molar-refractivity contribution in [1.82, 2.24) is 15.2 Å². The van der Waals surface area contributed by atoms with Crippen molar-refractivity contribution in [3.05, 3.63) is 65.7 Å². The van der Waals surface area contributed by atoms with Gasteiger partial charge >= 0.3 is 0 Å². The Morgan fingerprint density at radius 3 is 2.75 bits per heavy atom. The zero-order chi connectivity index (χ0) is 16.4. The summed E-state index contributed by atoms with van der Waals surface area (Å²) in [6, 6.07) is 12.2. The Bertz CT molecular complexity index is 658. The number of rotatable bonds is 4. The van der Waals surface area contributed by atoms with Crippen LogP contribution in [-0.4, -0.2) is 35.1 Å². The number of hydrogen-bond acceptors (Lipinski definition) is 3. The zero-order valence-electron chi connectivity index (χ0n) is 13.9. The summed E-state index contributed by atoms with van der Waals surface area (Å²) < 4.78 is 13.3. The second-order valence-corrected chi connectivity index (χ2v) is 6.99. The van der Waals surface area contributed by atoms with E-state index in [1.54, 1.807) is 18.3 Å². The molecular formula is C20H24FN3. The van der Waals surface area contributed by atoms with Crippen LogP contribution in [-0.2, 0) is 0 Å². The molecule has 24 heavy (non-hydrogen) atoms. The Balaban J connectivity index is 1.55. The zero-order valence-corrected chi connectivity index (χ0v) is 13.9. The van der Waals surface area contributed by atoms with E-state index in [1.165, 1.54) is 38.8 Å². The smallest absolute Gasteiger partial charge is 0.123 e. The molecule has 0 bridgehead atoms. The highest BCUT2D eigenvalue weighted by Gasteiger charge is 2.32. The maximum Gasteiger partial charge on any atom is 0.123 e. The predicted octanol–water partition coefficient (Wildman–Crippen LogP) is 3.53. The van der Waals surface area contributed by atoms with E-state index in [-0.39, 0.29) is 11.9 Å². The predicted molar refractivity (Wildman–Crippen MR) is 93.2 cm³/mol. The molecule has 4 rings (SSSR count). The second kappa shape index (κ2) is 6.99. The number of piperidine rings is 1. The highest BCUT2D eigenvalue weighted by atomic mass is 19.1. The number of nitrogens with one attached hydrogen (secondary N) is 1. The minimum absolute atomic E-state index is 0.0669. The van der Waals surface area contributed by atoms with Gasteiger partial charge in [-0.3, -0.25) is 4.98 Å². The summed E-state index contributed by atoms with van der Waals surface area (Å²) in [4.78, 5) is 6.91. The summed E-state index contributed by atoms with van der Waals surface area (Å²) in [5.41, 5.74) is 2.23. The van der Waals surface area contributed by atoms with E-state index in [0.29, 0.717) is 6.04 Å². The molecule has 0 radical (unpaired) electrons. The van der Waals surface area contributed by atoms with Crippen LogP contribution >= 0.6 is 0 Å². The summed E-state index contributed by atoms with van der Waals surface area (Å²) in [5.74, 6) is -0.192. The van der Waals surface area contributed by atoms with E-state index in [9.17, 15) is 4.39 Å². The molecule has 1 aromatic heterocycles. The van der Waals surface area contributed by atoms with Crippen molar-refractivity contribution in [2.24, 2.45) is 0 Å². The van der Waals surface area contributed by atoms with Gasteiger partial charge in [0.15, 0.2) is 0 Å². The second-order valence-electron chi connectivity index (χ2n) is 6.99. The van der Waals surface area contributed by atoms with E-state index in [1.807, 2.05) is 24.4 Å². The molecule has 2 saturated heterocycles. The Kier molecular flexibility index (Phi) is 4.58. The molecule has 4 heteroatoms. The molecule has 0 saturated carbocycles. The van der Waals surface area contributed by atoms with Gasteiger partial charge in [-0.15, -0.1) is 0 Å². The van der Waals surface area contributed by atoms with Crippen LogP contribution in [0.25, 0.3) is 0 Å². The Hall–Kier alpha value is -1.78. The number of pyridine rings is 1. The van der Waals surface area contributed by atoms with E-state index in [4.69, 9.17) is 0 Å². The van der Waals surface area contributed by atoms with Gasteiger partial charge in [0.25, 0.3) is 0 Å². The molecule has 1 aromatic carbocycles. The number of nitrogens with zero attached hydrogens (tertiary/aromatic N) is 2. The first-order valence-corrected chi connectivity index (χ1v) is 8.95. The number of aromatic nitrogens is 1. The molecule has 3 atom stereocenters. The van der Waals surface area contributed by atoms with Gasteiger partial charge in [0.2, 0.25) is 0 Å². The molecular weight excluding hydrogens is 301 g/mol. The van der Waals surface area contributed by atoms with Gasteiger partial charge in [-0.2, -0.15) is 0 Å². The first-order valence-electron chi connectivity index (χ1n) is 8.95. The first kappa shape index (κ1) is 15.7. The normalized spacial score (nSPS) is 25.4. The third-order valence-electron chi connectivity index (χ3n) is 5.44. The lowest BCUT2D eigenvalue weighted by atomic mass is 9.93. The van der Waals surface area contributed by atoms with E-state index in [2.05, 4.69) is 21.3 Å². The number of hydrogen-bond donors (Lipinski definition) is 1. The third kappa shape index (κ3) is 3.35. The standard InChI is InChI=1S/C20H24FN3/c21-17-7-5-15(6-8-17)20(16-3-1-10-22-14-16)23-18-9-12-24-11-2-4-19(24)13-18/h1,3,5-8,10,14,18-20,23H,2,4,9,11-13H2/t18-,19-,20-/m0/s1. The molecule has 0 amide bonds. The van der Waals surface area contributed by atoms with E-state index in [0.717, 1.165) is 17.2 Å². The maximum absolute atomic E-state index is 13.3. The maximum atomic E-state index is 13.3. The molecule has 0 unspecified atom stereocenters. The average molecular weight is 325 g/mol. The van der Waals surface area contributed by atoms with Crippen molar-refractivity contribution in [1.29, 1.82) is 0 Å². The minimum atomic E-state index is -0.192. The van der Waals surface area contributed by atoms with Crippen molar-refractivity contribution >= 4 is 0 Å².